The van der Waals surface area contributed by atoms with Crippen molar-refractivity contribution in [1.82, 2.24) is 15.6 Å². The number of H-pyrrole nitrogens is 1. The van der Waals surface area contributed by atoms with Crippen LogP contribution in [0.2, 0.25) is 0 Å². The maximum absolute atomic E-state index is 15.4. The third-order valence-electron chi connectivity index (χ3n) is 14.5. The second-order valence-electron chi connectivity index (χ2n) is 19.2. The first-order chi connectivity index (χ1) is 33.3. The van der Waals surface area contributed by atoms with Gasteiger partial charge in [-0.15, -0.1) is 0 Å². The third kappa shape index (κ3) is 11.6. The van der Waals surface area contributed by atoms with Crippen molar-refractivity contribution in [3.63, 3.8) is 0 Å². The van der Waals surface area contributed by atoms with E-state index in [0.717, 1.165) is 81.8 Å². The van der Waals surface area contributed by atoms with E-state index in [9.17, 15) is 25.5 Å². The molecule has 1 aliphatic carbocycles. The first-order valence-corrected chi connectivity index (χ1v) is 26.7. The molecule has 5 aromatic carbocycles. The lowest BCUT2D eigenvalue weighted by Gasteiger charge is -2.31. The number of aromatic amines is 1. The average molecular weight is 974 g/mol. The molecule has 1 saturated carbocycles. The number of methoxy groups -OCH3 is 1. The summed E-state index contributed by atoms with van der Waals surface area (Å²) in [7, 11) is 6.60. The normalized spacial score (nSPS) is 18.7. The van der Waals surface area contributed by atoms with E-state index in [1.165, 1.54) is 16.4 Å². The Morgan fingerprint density at radius 2 is 1.67 bits per heavy atom. The molecule has 0 bridgehead atoms. The number of carbonyl (C=O) groups excluding carboxylic acids is 1. The van der Waals surface area contributed by atoms with Gasteiger partial charge in [0.2, 0.25) is 0 Å². The van der Waals surface area contributed by atoms with Gasteiger partial charge in [-0.1, -0.05) is 96.0 Å². The number of β-amino-alcohol motifs (C(OH)–C–C–N with tert-alkyl or cyclic N) is 1. The van der Waals surface area contributed by atoms with Crippen molar-refractivity contribution >= 4 is 38.1 Å². The number of ketones is 1. The molecule has 13 heteroatoms. The number of nitrogens with one attached hydrogen (secondary N) is 3. The minimum Gasteiger partial charge on any atom is -0.508 e. The van der Waals surface area contributed by atoms with Gasteiger partial charge in [0.05, 0.1) is 18.8 Å². The second-order valence-corrected chi connectivity index (χ2v) is 21.7. The number of Topliss-reactive ketones (excluding diaryl/α,β-unsaturated/α-hetero) is 1. The molecule has 11 nitrogen and oxygen atoms in total. The van der Waals surface area contributed by atoms with Crippen molar-refractivity contribution < 1.29 is 39.8 Å². The summed E-state index contributed by atoms with van der Waals surface area (Å²) in [4.78, 5) is 18.6. The lowest BCUT2D eigenvalue weighted by Crippen LogP contribution is -2.41. The topological polar surface area (TPSA) is 177 Å². The second kappa shape index (κ2) is 22.3. The standard InChI is InChI=1S/C56H67N3O8S2/c1-5-36-12-13-37-10-6-7-11-44(37)45(36)28-47-38(14-16-49(61)53(47)66-4)23-41(22-35-18-21-58-30-35)51(63)29-52(64)46(40-24-42(27-43(60)25-40)56(57-3)19-8-9-20-56)26-39-15-17-50(62)54-48(39)31-68-69-33-55(2,65)32-59-34-67-54/h6-7,10-18,21,24-25,27,30,41,46,51,57-63,65H,5,8-9,19-20,22-23,26,28-29,31-34H2,1-4H3. The summed E-state index contributed by atoms with van der Waals surface area (Å²) in [5, 5.41) is 66.3. The number of aliphatic hydroxyl groups excluding tert-OH is 1. The molecule has 0 radical (unpaired) electrons. The summed E-state index contributed by atoms with van der Waals surface area (Å²) in [5.74, 6) is 0.289. The van der Waals surface area contributed by atoms with Gasteiger partial charge < -0.3 is 45.3 Å². The molecule has 8 rings (SSSR count). The van der Waals surface area contributed by atoms with Gasteiger partial charge in [0, 0.05) is 65.9 Å². The molecule has 0 spiro atoms. The number of hydrogen-bond donors (Lipinski definition) is 8. The quantitative estimate of drug-likeness (QED) is 0.0407. The van der Waals surface area contributed by atoms with Crippen LogP contribution in [0.3, 0.4) is 0 Å². The summed E-state index contributed by atoms with van der Waals surface area (Å²) in [6, 6.07) is 27.2. The van der Waals surface area contributed by atoms with E-state index in [4.69, 9.17) is 9.47 Å². The maximum atomic E-state index is 15.4. The minimum absolute atomic E-state index is 0.0218. The number of rotatable bonds is 17. The highest BCUT2D eigenvalue weighted by Gasteiger charge is 2.37. The number of phenols is 3. The van der Waals surface area contributed by atoms with Crippen LogP contribution in [-0.2, 0) is 48.2 Å². The van der Waals surface area contributed by atoms with Crippen LogP contribution < -0.4 is 20.1 Å². The van der Waals surface area contributed by atoms with Crippen molar-refractivity contribution in [2.75, 3.05) is 33.2 Å². The van der Waals surface area contributed by atoms with E-state index >= 15 is 4.79 Å². The molecule has 0 saturated heterocycles. The Labute approximate surface area is 413 Å². The van der Waals surface area contributed by atoms with E-state index < -0.39 is 23.5 Å². The fraction of sp³-hybridized carbons (Fsp3) is 0.411. The zero-order valence-corrected chi connectivity index (χ0v) is 41.8. The van der Waals surface area contributed by atoms with E-state index in [2.05, 4.69) is 52.9 Å². The smallest absolute Gasteiger partial charge is 0.167 e. The molecule has 0 amide bonds. The molecule has 6 aromatic rings. The number of ether oxygens (including phenoxy) is 2. The van der Waals surface area contributed by atoms with Crippen LogP contribution in [0, 0.1) is 5.92 Å². The molecule has 8 N–H and O–H groups in total. The lowest BCUT2D eigenvalue weighted by atomic mass is 9.79. The van der Waals surface area contributed by atoms with E-state index in [1.54, 1.807) is 49.1 Å². The van der Waals surface area contributed by atoms with Gasteiger partial charge in [-0.05, 0) is 138 Å². The summed E-state index contributed by atoms with van der Waals surface area (Å²) >= 11 is 0. The SMILES string of the molecule is CCc1ccc2ccccc2c1Cc1c(CC(Cc2cc[nH]c2)C(O)CC(=O)C(Cc2ccc(O)c3c2CSSCC(C)(O)CNCO3)c2cc(O)cc(C3(NC)CCCC3)c2)ccc(O)c1OC. The van der Waals surface area contributed by atoms with E-state index in [1.807, 2.05) is 49.8 Å². The van der Waals surface area contributed by atoms with E-state index in [-0.39, 0.29) is 48.1 Å². The van der Waals surface area contributed by atoms with Crippen LogP contribution >= 0.6 is 21.6 Å². The number of fused-ring (bicyclic) bond motifs is 2. The van der Waals surface area contributed by atoms with Gasteiger partial charge >= 0.3 is 0 Å². The zero-order chi connectivity index (χ0) is 48.7. The van der Waals surface area contributed by atoms with Crippen molar-refractivity contribution in [3.8, 4) is 28.7 Å². The molecule has 69 heavy (non-hydrogen) atoms. The Hall–Kier alpha value is -5.15. The summed E-state index contributed by atoms with van der Waals surface area (Å²) < 4.78 is 12.1. The predicted octanol–water partition coefficient (Wildman–Crippen LogP) is 9.76. The molecule has 1 aromatic heterocycles. The summed E-state index contributed by atoms with van der Waals surface area (Å²) in [6.07, 6.45) is 8.78. The highest BCUT2D eigenvalue weighted by molar-refractivity contribution is 8.76. The van der Waals surface area contributed by atoms with Crippen molar-refractivity contribution in [3.05, 3.63) is 147 Å². The minimum atomic E-state index is -1.09. The van der Waals surface area contributed by atoms with Crippen molar-refractivity contribution in [2.45, 2.75) is 107 Å². The monoisotopic (exact) mass is 973 g/mol. The highest BCUT2D eigenvalue weighted by atomic mass is 33.1. The number of aromatic hydroxyl groups is 3. The number of aromatic nitrogens is 1. The molecule has 2 aliphatic rings. The Morgan fingerprint density at radius 1 is 0.899 bits per heavy atom. The number of benzene rings is 5. The van der Waals surface area contributed by atoms with Crippen LogP contribution in [0.15, 0.2) is 97.3 Å². The van der Waals surface area contributed by atoms with Crippen LogP contribution in [0.4, 0.5) is 0 Å². The molecule has 1 fully saturated rings. The number of carbonyl (C=O) groups is 1. The largest absolute Gasteiger partial charge is 0.508 e. The van der Waals surface area contributed by atoms with Crippen LogP contribution in [0.1, 0.15) is 102 Å². The Bertz CT molecular complexity index is 2720. The molecule has 4 atom stereocenters. The molecule has 1 aliphatic heterocycles. The maximum Gasteiger partial charge on any atom is 0.167 e. The zero-order valence-electron chi connectivity index (χ0n) is 40.1. The Kier molecular flexibility index (Phi) is 16.2. The van der Waals surface area contributed by atoms with Crippen LogP contribution in [0.5, 0.6) is 28.7 Å². The summed E-state index contributed by atoms with van der Waals surface area (Å²) in [5.41, 5.74) is 6.87. The van der Waals surface area contributed by atoms with Gasteiger partial charge in [-0.2, -0.15) is 0 Å². The van der Waals surface area contributed by atoms with Crippen molar-refractivity contribution in [1.29, 1.82) is 0 Å². The number of aliphatic hydroxyl groups is 2. The lowest BCUT2D eigenvalue weighted by molar-refractivity contribution is -0.123. The van der Waals surface area contributed by atoms with Gasteiger partial charge in [0.15, 0.2) is 23.0 Å². The van der Waals surface area contributed by atoms with Crippen molar-refractivity contribution in [2.24, 2.45) is 5.92 Å². The highest BCUT2D eigenvalue weighted by Crippen LogP contribution is 2.45. The third-order valence-corrected chi connectivity index (χ3v) is 17.0. The van der Waals surface area contributed by atoms with Crippen LogP contribution in [0.25, 0.3) is 10.8 Å². The Balaban J connectivity index is 1.17. The van der Waals surface area contributed by atoms with E-state index in [0.29, 0.717) is 54.4 Å². The first-order valence-electron chi connectivity index (χ1n) is 24.2. The fourth-order valence-electron chi connectivity index (χ4n) is 10.6. The number of aryl methyl sites for hydroxylation is 1. The van der Waals surface area contributed by atoms with Gasteiger partial charge in [0.1, 0.15) is 18.3 Å². The molecule has 4 unspecified atom stereocenters. The Morgan fingerprint density at radius 3 is 2.42 bits per heavy atom. The van der Waals surface area contributed by atoms with Gasteiger partial charge in [0.25, 0.3) is 0 Å². The van der Waals surface area contributed by atoms with Gasteiger partial charge in [-0.3, -0.25) is 10.1 Å². The summed E-state index contributed by atoms with van der Waals surface area (Å²) in [6.45, 7) is 4.28. The molecular weight excluding hydrogens is 907 g/mol. The van der Waals surface area contributed by atoms with Gasteiger partial charge in [-0.25, -0.2) is 0 Å². The molecule has 2 heterocycles. The van der Waals surface area contributed by atoms with Crippen LogP contribution in [-0.4, -0.2) is 81.2 Å². The molecule has 366 valence electrons. The average Bonchev–Trinajstić information content (AvgIpc) is 4.05. The number of hydrogen-bond acceptors (Lipinski definition) is 12. The fourth-order valence-corrected chi connectivity index (χ4v) is 13.2. The predicted molar refractivity (Wildman–Crippen MR) is 278 cm³/mol. The first kappa shape index (κ1) is 50.2. The molecular formula is C56H67N3O8S2. The number of phenolic OH excluding ortho intramolecular Hbond substituents is 3.